The van der Waals surface area contributed by atoms with Crippen LogP contribution in [0.4, 0.5) is 57.1 Å². The van der Waals surface area contributed by atoms with Crippen molar-refractivity contribution in [2.24, 2.45) is 0 Å². The zero-order chi connectivity index (χ0) is 22.6. The number of halogens is 13. The number of phenols is 1. The molecule has 1 aromatic carbocycles. The second kappa shape index (κ2) is 6.56. The maximum Gasteiger partial charge on any atom is 0.460 e. The Balaban J connectivity index is 3.50. The molecule has 0 heterocycles. The van der Waals surface area contributed by atoms with Crippen LogP contribution < -0.4 is 0 Å². The normalized spacial score (nSPS) is 16.2. The molecule has 1 atom stereocenters. The molecule has 15 heteroatoms. The van der Waals surface area contributed by atoms with E-state index in [1.165, 1.54) is 0 Å². The molecule has 0 aromatic heterocycles. The lowest BCUT2D eigenvalue weighted by atomic mass is 9.89. The fraction of sp³-hybridized carbons (Fsp3) is 0.538. The molecular weight excluding hydrogens is 435 g/mol. The Hall–Kier alpha value is -1.93. The van der Waals surface area contributed by atoms with E-state index < -0.39 is 53.2 Å². The van der Waals surface area contributed by atoms with E-state index in [9.17, 15) is 57.1 Å². The molecule has 0 fully saturated rings. The average molecular weight is 442 g/mol. The van der Waals surface area contributed by atoms with Crippen LogP contribution in [0.15, 0.2) is 24.3 Å². The number of rotatable bonds is 6. The van der Waals surface area contributed by atoms with Crippen LogP contribution in [0, 0.1) is 0 Å². The molecule has 28 heavy (non-hydrogen) atoms. The maximum atomic E-state index is 13.7. The predicted octanol–water partition coefficient (Wildman–Crippen LogP) is 5.16. The smallest absolute Gasteiger partial charge is 0.460 e. The van der Waals surface area contributed by atoms with E-state index in [0.29, 0.717) is 12.1 Å². The number of aliphatic hydroxyl groups excluding tert-OH is 1. The van der Waals surface area contributed by atoms with Crippen molar-refractivity contribution >= 4 is 0 Å². The highest BCUT2D eigenvalue weighted by Gasteiger charge is 2.91. The van der Waals surface area contributed by atoms with Crippen molar-refractivity contribution in [1.29, 1.82) is 0 Å². The highest BCUT2D eigenvalue weighted by molar-refractivity contribution is 5.29. The first-order valence-electron chi connectivity index (χ1n) is 6.59. The van der Waals surface area contributed by atoms with Crippen LogP contribution in [-0.2, 0) is 0 Å². The average Bonchev–Trinajstić information content (AvgIpc) is 2.53. The minimum atomic E-state index is -8.03. The fourth-order valence-electron chi connectivity index (χ4n) is 1.82. The summed E-state index contributed by atoms with van der Waals surface area (Å²) in [5.41, 5.74) is -1.37. The van der Waals surface area contributed by atoms with Crippen molar-refractivity contribution in [2.45, 2.75) is 41.9 Å². The van der Waals surface area contributed by atoms with E-state index >= 15 is 0 Å². The summed E-state index contributed by atoms with van der Waals surface area (Å²) in [6.07, 6.45) is -11.6. The van der Waals surface area contributed by atoms with Gasteiger partial charge in [-0.15, -0.1) is 0 Å². The Kier molecular flexibility index (Phi) is 5.64. The first-order chi connectivity index (χ1) is 12.2. The van der Waals surface area contributed by atoms with Gasteiger partial charge in [-0.3, -0.25) is 0 Å². The molecule has 162 valence electrons. The molecule has 0 saturated heterocycles. The van der Waals surface area contributed by atoms with E-state index in [1.54, 1.807) is 0 Å². The molecule has 0 spiro atoms. The Bertz CT molecular complexity index is 693. The molecule has 1 unspecified atom stereocenters. The van der Waals surface area contributed by atoms with Crippen molar-refractivity contribution in [3.63, 3.8) is 0 Å². The second-order valence-corrected chi connectivity index (χ2v) is 5.41. The lowest BCUT2D eigenvalue weighted by molar-refractivity contribution is -0.444. The van der Waals surface area contributed by atoms with Gasteiger partial charge in [0.1, 0.15) is 11.9 Å². The molecule has 2 nitrogen and oxygen atoms in total. The summed E-state index contributed by atoms with van der Waals surface area (Å²) < 4.78 is 168. The summed E-state index contributed by atoms with van der Waals surface area (Å²) >= 11 is 0. The first kappa shape index (κ1) is 24.1. The highest BCUT2D eigenvalue weighted by Crippen LogP contribution is 2.61. The van der Waals surface area contributed by atoms with Crippen LogP contribution in [0.3, 0.4) is 0 Å². The highest BCUT2D eigenvalue weighted by atomic mass is 19.4. The number of hydrogen-bond donors (Lipinski definition) is 2. The van der Waals surface area contributed by atoms with E-state index in [2.05, 4.69) is 0 Å². The summed E-state index contributed by atoms with van der Waals surface area (Å²) in [5.74, 6) is -38.8. The molecule has 0 bridgehead atoms. The number of aliphatic hydroxyl groups is 1. The first-order valence-corrected chi connectivity index (χ1v) is 6.59. The van der Waals surface area contributed by atoms with Crippen LogP contribution in [-0.4, -0.2) is 46.0 Å². The summed E-state index contributed by atoms with van der Waals surface area (Å²) in [5, 5.41) is 18.0. The van der Waals surface area contributed by atoms with Gasteiger partial charge in [0.15, 0.2) is 0 Å². The van der Waals surface area contributed by atoms with Gasteiger partial charge in [-0.25, -0.2) is 0 Å². The van der Waals surface area contributed by atoms with Crippen LogP contribution in [0.25, 0.3) is 0 Å². The van der Waals surface area contributed by atoms with Crippen LogP contribution >= 0.6 is 0 Å². The molecule has 1 aromatic rings. The topological polar surface area (TPSA) is 40.5 Å². The largest absolute Gasteiger partial charge is 0.508 e. The van der Waals surface area contributed by atoms with Gasteiger partial charge >= 0.3 is 35.8 Å². The van der Waals surface area contributed by atoms with Gasteiger partial charge in [-0.2, -0.15) is 57.1 Å². The van der Waals surface area contributed by atoms with Gasteiger partial charge in [0, 0.05) is 0 Å². The molecule has 1 rings (SSSR count). The lowest BCUT2D eigenvalue weighted by Crippen LogP contribution is -2.70. The SMILES string of the molecule is Oc1ccc(C(O)C(F)(F)C(F)(F)C(F)(F)C(F)(F)C(F)(F)C(F)(F)F)cc1. The number of aromatic hydroxyl groups is 1. The van der Waals surface area contributed by atoms with Crippen molar-refractivity contribution in [2.75, 3.05) is 0 Å². The maximum absolute atomic E-state index is 13.7. The van der Waals surface area contributed by atoms with Gasteiger partial charge in [-0.1, -0.05) is 12.1 Å². The Morgan fingerprint density at radius 2 is 0.929 bits per heavy atom. The minimum Gasteiger partial charge on any atom is -0.508 e. The molecule has 0 aliphatic carbocycles. The van der Waals surface area contributed by atoms with Crippen molar-refractivity contribution in [3.05, 3.63) is 29.8 Å². The molecule has 0 radical (unpaired) electrons. The Morgan fingerprint density at radius 1 is 0.571 bits per heavy atom. The third-order valence-electron chi connectivity index (χ3n) is 3.51. The summed E-state index contributed by atoms with van der Waals surface area (Å²) in [4.78, 5) is 0. The third-order valence-corrected chi connectivity index (χ3v) is 3.51. The van der Waals surface area contributed by atoms with Gasteiger partial charge in [0.25, 0.3) is 0 Å². The van der Waals surface area contributed by atoms with Gasteiger partial charge in [0.2, 0.25) is 0 Å². The molecule has 0 amide bonds. The predicted molar refractivity (Wildman–Crippen MR) is 63.9 cm³/mol. The fourth-order valence-corrected chi connectivity index (χ4v) is 1.82. The zero-order valence-corrected chi connectivity index (χ0v) is 12.7. The summed E-state index contributed by atoms with van der Waals surface area (Å²) in [6.45, 7) is 0. The molecule has 0 aliphatic rings. The van der Waals surface area contributed by atoms with Crippen molar-refractivity contribution in [1.82, 2.24) is 0 Å². The van der Waals surface area contributed by atoms with Crippen LogP contribution in [0.5, 0.6) is 5.75 Å². The summed E-state index contributed by atoms with van der Waals surface area (Å²) in [7, 11) is 0. The molecule has 0 saturated carbocycles. The van der Waals surface area contributed by atoms with Gasteiger partial charge in [0.05, 0.1) is 0 Å². The standard InChI is InChI=1S/C13H7F13O2/c14-8(15,7(28)5-1-3-6(27)4-2-5)9(16,17)10(18,19)11(20,21)12(22,23)13(24,25)26/h1-4,7,27-28H. The van der Waals surface area contributed by atoms with Gasteiger partial charge in [-0.05, 0) is 17.7 Å². The summed E-state index contributed by atoms with van der Waals surface area (Å²) in [6, 6.07) is 1.45. The minimum absolute atomic E-state index is 0.255. The number of phenolic OH excluding ortho intramolecular Hbond substituents is 1. The van der Waals surface area contributed by atoms with E-state index in [0.717, 1.165) is 0 Å². The zero-order valence-electron chi connectivity index (χ0n) is 12.7. The van der Waals surface area contributed by atoms with Crippen LogP contribution in [0.2, 0.25) is 0 Å². The lowest BCUT2D eigenvalue weighted by Gasteiger charge is -2.40. The quantitative estimate of drug-likeness (QED) is 0.598. The Labute approximate surface area is 146 Å². The van der Waals surface area contributed by atoms with Crippen molar-refractivity contribution < 1.29 is 67.3 Å². The molecular formula is C13H7F13O2. The number of hydrogen-bond acceptors (Lipinski definition) is 2. The second-order valence-electron chi connectivity index (χ2n) is 5.41. The third kappa shape index (κ3) is 3.22. The van der Waals surface area contributed by atoms with Crippen LogP contribution in [0.1, 0.15) is 11.7 Å². The van der Waals surface area contributed by atoms with E-state index in [-0.39, 0.29) is 12.1 Å². The molecule has 0 aliphatic heterocycles. The number of alkyl halides is 13. The van der Waals surface area contributed by atoms with E-state index in [4.69, 9.17) is 10.2 Å². The monoisotopic (exact) mass is 442 g/mol. The van der Waals surface area contributed by atoms with Gasteiger partial charge < -0.3 is 10.2 Å². The number of benzene rings is 1. The van der Waals surface area contributed by atoms with E-state index in [1.807, 2.05) is 0 Å². The molecule has 2 N–H and O–H groups in total. The Morgan fingerprint density at radius 3 is 1.29 bits per heavy atom. The van der Waals surface area contributed by atoms with Crippen molar-refractivity contribution in [3.8, 4) is 5.75 Å².